The van der Waals surface area contributed by atoms with Gasteiger partial charge in [0.25, 0.3) is 5.91 Å². The van der Waals surface area contributed by atoms with Crippen molar-refractivity contribution in [2.75, 3.05) is 25.5 Å². The number of anilines is 1. The molecule has 1 aliphatic heterocycles. The standard InChI is InChI=1S/C19H24N6O/c1-22(2)18-17-8-6-9-24(17)13-15(21-18)16-7-4-5-10-25(16)19(26)14-11-20-23(3)12-14/h6,8-9,11-13,16H,4-5,7,10H2,1-3H3/t16-/m0/s1. The summed E-state index contributed by atoms with van der Waals surface area (Å²) in [6, 6.07) is 4.07. The molecule has 0 N–H and O–H groups in total. The van der Waals surface area contributed by atoms with Crippen molar-refractivity contribution in [2.24, 2.45) is 7.05 Å². The molecule has 1 fully saturated rings. The van der Waals surface area contributed by atoms with Gasteiger partial charge in [0.15, 0.2) is 5.82 Å². The van der Waals surface area contributed by atoms with Crippen LogP contribution in [0.25, 0.3) is 5.52 Å². The summed E-state index contributed by atoms with van der Waals surface area (Å²) in [6.45, 7) is 0.751. The molecule has 0 aliphatic carbocycles. The number of amides is 1. The van der Waals surface area contributed by atoms with Gasteiger partial charge in [0, 0.05) is 46.3 Å². The highest BCUT2D eigenvalue weighted by molar-refractivity contribution is 5.94. The van der Waals surface area contributed by atoms with E-state index < -0.39 is 0 Å². The second kappa shape index (κ2) is 6.48. The van der Waals surface area contributed by atoms with E-state index in [9.17, 15) is 4.79 Å². The minimum atomic E-state index is -0.0121. The summed E-state index contributed by atoms with van der Waals surface area (Å²) in [5, 5.41) is 4.14. The fraction of sp³-hybridized carbons (Fsp3) is 0.421. The van der Waals surface area contributed by atoms with Gasteiger partial charge in [-0.3, -0.25) is 9.48 Å². The molecule has 136 valence electrons. The zero-order chi connectivity index (χ0) is 18.3. The summed E-state index contributed by atoms with van der Waals surface area (Å²) in [7, 11) is 5.83. The van der Waals surface area contributed by atoms with Crippen LogP contribution in [0.15, 0.2) is 36.9 Å². The lowest BCUT2D eigenvalue weighted by atomic mass is 9.98. The third kappa shape index (κ3) is 2.83. The Balaban J connectivity index is 1.74. The van der Waals surface area contributed by atoms with Crippen LogP contribution < -0.4 is 4.90 Å². The Bertz CT molecular complexity index is 941. The highest BCUT2D eigenvalue weighted by Crippen LogP contribution is 2.33. The maximum atomic E-state index is 13.1. The third-order valence-electron chi connectivity index (χ3n) is 4.99. The van der Waals surface area contributed by atoms with E-state index in [2.05, 4.69) is 21.8 Å². The van der Waals surface area contributed by atoms with Crippen molar-refractivity contribution in [2.45, 2.75) is 25.3 Å². The van der Waals surface area contributed by atoms with Gasteiger partial charge in [-0.15, -0.1) is 0 Å². The van der Waals surface area contributed by atoms with Crippen molar-refractivity contribution >= 4 is 17.2 Å². The lowest BCUT2D eigenvalue weighted by Crippen LogP contribution is -2.39. The van der Waals surface area contributed by atoms with Crippen LogP contribution >= 0.6 is 0 Å². The van der Waals surface area contributed by atoms with Gasteiger partial charge in [0.1, 0.15) is 0 Å². The van der Waals surface area contributed by atoms with Gasteiger partial charge in [-0.1, -0.05) is 0 Å². The van der Waals surface area contributed by atoms with Gasteiger partial charge in [-0.05, 0) is 31.4 Å². The quantitative estimate of drug-likeness (QED) is 0.727. The number of nitrogens with zero attached hydrogens (tertiary/aromatic N) is 6. The van der Waals surface area contributed by atoms with Crippen molar-refractivity contribution in [3.8, 4) is 0 Å². The summed E-state index contributed by atoms with van der Waals surface area (Å²) >= 11 is 0. The SMILES string of the molecule is CN(C)c1nc([C@@H]2CCCCN2C(=O)c2cnn(C)c2)cn2cccc12. The topological polar surface area (TPSA) is 58.7 Å². The van der Waals surface area contributed by atoms with E-state index in [1.807, 2.05) is 43.2 Å². The largest absolute Gasteiger partial charge is 0.361 e. The van der Waals surface area contributed by atoms with E-state index in [1.54, 1.807) is 17.1 Å². The van der Waals surface area contributed by atoms with Crippen molar-refractivity contribution in [1.29, 1.82) is 0 Å². The normalized spacial score (nSPS) is 17.7. The van der Waals surface area contributed by atoms with E-state index in [4.69, 9.17) is 4.98 Å². The molecule has 1 amide bonds. The molecule has 4 heterocycles. The highest BCUT2D eigenvalue weighted by Gasteiger charge is 2.31. The molecular weight excluding hydrogens is 328 g/mol. The maximum absolute atomic E-state index is 13.1. The van der Waals surface area contributed by atoms with E-state index in [-0.39, 0.29) is 11.9 Å². The lowest BCUT2D eigenvalue weighted by Gasteiger charge is -2.35. The van der Waals surface area contributed by atoms with Crippen LogP contribution in [0.3, 0.4) is 0 Å². The number of aryl methyl sites for hydroxylation is 1. The Labute approximate surface area is 152 Å². The highest BCUT2D eigenvalue weighted by atomic mass is 16.2. The summed E-state index contributed by atoms with van der Waals surface area (Å²) < 4.78 is 3.76. The van der Waals surface area contributed by atoms with Crippen LogP contribution in [0.5, 0.6) is 0 Å². The van der Waals surface area contributed by atoms with Crippen LogP contribution in [0.2, 0.25) is 0 Å². The first-order chi connectivity index (χ1) is 12.5. The Morgan fingerprint density at radius 1 is 1.27 bits per heavy atom. The summed E-state index contributed by atoms with van der Waals surface area (Å²) in [4.78, 5) is 22.0. The van der Waals surface area contributed by atoms with Gasteiger partial charge >= 0.3 is 0 Å². The monoisotopic (exact) mass is 352 g/mol. The van der Waals surface area contributed by atoms with Gasteiger partial charge in [-0.25, -0.2) is 4.98 Å². The van der Waals surface area contributed by atoms with E-state index in [1.165, 1.54) is 0 Å². The first-order valence-corrected chi connectivity index (χ1v) is 8.99. The molecule has 0 saturated carbocycles. The molecule has 4 rings (SSSR count). The average Bonchev–Trinajstić information content (AvgIpc) is 3.28. The number of aromatic nitrogens is 4. The number of carbonyl (C=O) groups excluding carboxylic acids is 1. The van der Waals surface area contributed by atoms with Gasteiger partial charge < -0.3 is 14.2 Å². The molecule has 0 unspecified atom stereocenters. The molecule has 1 saturated heterocycles. The second-order valence-corrected chi connectivity index (χ2v) is 7.10. The first-order valence-electron chi connectivity index (χ1n) is 8.99. The first kappa shape index (κ1) is 16.6. The third-order valence-corrected chi connectivity index (χ3v) is 4.99. The minimum Gasteiger partial charge on any atom is -0.361 e. The summed E-state index contributed by atoms with van der Waals surface area (Å²) in [5.74, 6) is 0.954. The number of hydrogen-bond acceptors (Lipinski definition) is 4. The molecule has 0 spiro atoms. The van der Waals surface area contributed by atoms with Crippen molar-refractivity contribution in [3.05, 3.63) is 48.2 Å². The number of piperidine rings is 1. The predicted octanol–water partition coefficient (Wildman–Crippen LogP) is 2.50. The fourth-order valence-corrected chi connectivity index (χ4v) is 3.72. The number of likely N-dealkylation sites (tertiary alicyclic amines) is 1. The minimum absolute atomic E-state index is 0.0121. The Hall–Kier alpha value is -2.83. The molecule has 3 aromatic rings. The molecule has 0 aromatic carbocycles. The fourth-order valence-electron chi connectivity index (χ4n) is 3.72. The number of rotatable bonds is 3. The molecular formula is C19H24N6O. The Kier molecular flexibility index (Phi) is 4.14. The Morgan fingerprint density at radius 2 is 2.12 bits per heavy atom. The van der Waals surface area contributed by atoms with E-state index >= 15 is 0 Å². The molecule has 0 radical (unpaired) electrons. The van der Waals surface area contributed by atoms with Gasteiger partial charge in [0.05, 0.1) is 29.0 Å². The van der Waals surface area contributed by atoms with Crippen LogP contribution in [0, 0.1) is 0 Å². The predicted molar refractivity (Wildman–Crippen MR) is 100 cm³/mol. The number of hydrogen-bond donors (Lipinski definition) is 0. The Morgan fingerprint density at radius 3 is 2.85 bits per heavy atom. The van der Waals surface area contributed by atoms with Crippen LogP contribution in [-0.2, 0) is 7.05 Å². The van der Waals surface area contributed by atoms with Crippen LogP contribution in [0.4, 0.5) is 5.82 Å². The van der Waals surface area contributed by atoms with E-state index in [0.29, 0.717) is 5.56 Å². The molecule has 1 atom stereocenters. The van der Waals surface area contributed by atoms with Crippen molar-refractivity contribution in [1.82, 2.24) is 24.1 Å². The lowest BCUT2D eigenvalue weighted by molar-refractivity contribution is 0.0605. The molecule has 7 heteroatoms. The van der Waals surface area contributed by atoms with Crippen molar-refractivity contribution < 1.29 is 4.79 Å². The van der Waals surface area contributed by atoms with Gasteiger partial charge in [-0.2, -0.15) is 5.10 Å². The van der Waals surface area contributed by atoms with Crippen LogP contribution in [0.1, 0.15) is 41.4 Å². The second-order valence-electron chi connectivity index (χ2n) is 7.10. The molecule has 0 bridgehead atoms. The number of fused-ring (bicyclic) bond motifs is 1. The molecule has 1 aliphatic rings. The maximum Gasteiger partial charge on any atom is 0.257 e. The van der Waals surface area contributed by atoms with Crippen molar-refractivity contribution in [3.63, 3.8) is 0 Å². The zero-order valence-electron chi connectivity index (χ0n) is 15.5. The molecule has 26 heavy (non-hydrogen) atoms. The molecule has 7 nitrogen and oxygen atoms in total. The number of carbonyl (C=O) groups is 1. The summed E-state index contributed by atoms with van der Waals surface area (Å²) in [6.07, 6.45) is 10.6. The van der Waals surface area contributed by atoms with Gasteiger partial charge in [0.2, 0.25) is 0 Å². The average molecular weight is 352 g/mol. The van der Waals surface area contributed by atoms with Crippen LogP contribution in [-0.4, -0.2) is 50.6 Å². The molecule has 3 aromatic heterocycles. The van der Waals surface area contributed by atoms with E-state index in [0.717, 1.165) is 42.8 Å². The zero-order valence-corrected chi connectivity index (χ0v) is 15.5. The summed E-state index contributed by atoms with van der Waals surface area (Å²) in [5.41, 5.74) is 2.64. The smallest absolute Gasteiger partial charge is 0.257 e.